The standard InChI is InChI=1S/C13H19N3O3S/c1-8(17)11-10(12(18)19)14-13(20-11)16-6-4-5-9(7-16)15(2)3/h9H,4-7H2,1-3H3,(H,18,19). The Morgan fingerprint density at radius 1 is 1.45 bits per heavy atom. The second-order valence-corrected chi connectivity index (χ2v) is 6.22. The summed E-state index contributed by atoms with van der Waals surface area (Å²) in [4.78, 5) is 31.3. The molecule has 0 spiro atoms. The van der Waals surface area contributed by atoms with Crippen LogP contribution in [0.15, 0.2) is 0 Å². The summed E-state index contributed by atoms with van der Waals surface area (Å²) in [6.07, 6.45) is 2.17. The minimum atomic E-state index is -1.14. The lowest BCUT2D eigenvalue weighted by Crippen LogP contribution is -2.45. The zero-order valence-corrected chi connectivity index (χ0v) is 12.7. The van der Waals surface area contributed by atoms with Gasteiger partial charge >= 0.3 is 5.97 Å². The van der Waals surface area contributed by atoms with Crippen molar-refractivity contribution in [3.63, 3.8) is 0 Å². The molecule has 1 aliphatic rings. The number of hydrogen-bond acceptors (Lipinski definition) is 6. The molecule has 1 aromatic heterocycles. The number of Topliss-reactive ketones (excluding diaryl/α,β-unsaturated/α-hetero) is 1. The minimum Gasteiger partial charge on any atom is -0.476 e. The number of ketones is 1. The fourth-order valence-corrected chi connectivity index (χ4v) is 3.37. The molecular formula is C13H19N3O3S. The molecule has 1 atom stereocenters. The maximum atomic E-state index is 11.5. The van der Waals surface area contributed by atoms with Crippen molar-refractivity contribution in [2.45, 2.75) is 25.8 Å². The van der Waals surface area contributed by atoms with Gasteiger partial charge in [0.25, 0.3) is 0 Å². The zero-order valence-electron chi connectivity index (χ0n) is 11.9. The highest BCUT2D eigenvalue weighted by atomic mass is 32.1. The second-order valence-electron chi connectivity index (χ2n) is 5.24. The second kappa shape index (κ2) is 5.88. The van der Waals surface area contributed by atoms with Crippen LogP contribution in [0.4, 0.5) is 5.13 Å². The molecule has 0 saturated carbocycles. The van der Waals surface area contributed by atoms with E-state index >= 15 is 0 Å². The molecule has 110 valence electrons. The fourth-order valence-electron chi connectivity index (χ4n) is 2.38. The number of rotatable bonds is 4. The van der Waals surface area contributed by atoms with Gasteiger partial charge in [0.15, 0.2) is 16.6 Å². The first-order valence-electron chi connectivity index (χ1n) is 6.56. The molecule has 7 heteroatoms. The number of carboxylic acid groups (broad SMARTS) is 1. The van der Waals surface area contributed by atoms with Gasteiger partial charge in [-0.2, -0.15) is 0 Å². The topological polar surface area (TPSA) is 73.7 Å². The lowest BCUT2D eigenvalue weighted by Gasteiger charge is -2.35. The molecule has 1 fully saturated rings. The summed E-state index contributed by atoms with van der Waals surface area (Å²) in [5, 5.41) is 9.77. The first-order valence-corrected chi connectivity index (χ1v) is 7.38. The number of carbonyl (C=O) groups is 2. The minimum absolute atomic E-state index is 0.121. The highest BCUT2D eigenvalue weighted by Crippen LogP contribution is 2.29. The Balaban J connectivity index is 2.26. The average Bonchev–Trinajstić information content (AvgIpc) is 2.84. The Morgan fingerprint density at radius 3 is 2.65 bits per heavy atom. The molecule has 1 N–H and O–H groups in total. The Bertz CT molecular complexity index is 495. The van der Waals surface area contributed by atoms with Crippen molar-refractivity contribution in [3.8, 4) is 0 Å². The van der Waals surface area contributed by atoms with Gasteiger partial charge in [0, 0.05) is 26.1 Å². The Kier molecular flexibility index (Phi) is 4.39. The van der Waals surface area contributed by atoms with Crippen LogP contribution >= 0.6 is 11.3 Å². The molecule has 0 bridgehead atoms. The van der Waals surface area contributed by atoms with E-state index in [1.165, 1.54) is 18.3 Å². The van der Waals surface area contributed by atoms with E-state index in [1.54, 1.807) is 0 Å². The number of carbonyl (C=O) groups excluding carboxylic acids is 1. The molecular weight excluding hydrogens is 278 g/mol. The molecule has 2 rings (SSSR count). The van der Waals surface area contributed by atoms with Crippen LogP contribution < -0.4 is 4.90 Å². The number of piperidine rings is 1. The molecule has 1 saturated heterocycles. The van der Waals surface area contributed by atoms with Gasteiger partial charge in [0.2, 0.25) is 0 Å². The molecule has 0 aromatic carbocycles. The van der Waals surface area contributed by atoms with Crippen LogP contribution in [0, 0.1) is 0 Å². The third kappa shape index (κ3) is 2.99. The summed E-state index contributed by atoms with van der Waals surface area (Å²) in [5.74, 6) is -1.38. The monoisotopic (exact) mass is 297 g/mol. The predicted molar refractivity (Wildman–Crippen MR) is 78.0 cm³/mol. The SMILES string of the molecule is CC(=O)c1sc(N2CCCC(N(C)C)C2)nc1C(=O)O. The van der Waals surface area contributed by atoms with Crippen molar-refractivity contribution >= 4 is 28.2 Å². The van der Waals surface area contributed by atoms with Gasteiger partial charge in [-0.15, -0.1) is 0 Å². The van der Waals surface area contributed by atoms with Crippen molar-refractivity contribution in [2.24, 2.45) is 0 Å². The normalized spacial score (nSPS) is 19.4. The number of thiazole rings is 1. The van der Waals surface area contributed by atoms with Crippen LogP contribution in [-0.4, -0.2) is 60.0 Å². The smallest absolute Gasteiger partial charge is 0.356 e. The number of anilines is 1. The van der Waals surface area contributed by atoms with Crippen LogP contribution in [0.1, 0.15) is 39.9 Å². The molecule has 1 unspecified atom stereocenters. The maximum Gasteiger partial charge on any atom is 0.356 e. The highest BCUT2D eigenvalue weighted by Gasteiger charge is 2.27. The van der Waals surface area contributed by atoms with Gasteiger partial charge in [0.1, 0.15) is 4.88 Å². The molecule has 1 aliphatic heterocycles. The molecule has 6 nitrogen and oxygen atoms in total. The molecule has 0 radical (unpaired) electrons. The van der Waals surface area contributed by atoms with Crippen molar-refractivity contribution < 1.29 is 14.7 Å². The molecule has 2 heterocycles. The summed E-state index contributed by atoms with van der Waals surface area (Å²) in [7, 11) is 4.08. The van der Waals surface area contributed by atoms with E-state index < -0.39 is 5.97 Å². The highest BCUT2D eigenvalue weighted by molar-refractivity contribution is 7.17. The fraction of sp³-hybridized carbons (Fsp3) is 0.615. The van der Waals surface area contributed by atoms with Crippen LogP contribution in [-0.2, 0) is 0 Å². The molecule has 1 aromatic rings. The van der Waals surface area contributed by atoms with Crippen LogP contribution in [0.5, 0.6) is 0 Å². The first-order chi connectivity index (χ1) is 9.40. The van der Waals surface area contributed by atoms with Gasteiger partial charge in [0.05, 0.1) is 0 Å². The Hall–Kier alpha value is -1.47. The first kappa shape index (κ1) is 14.9. The third-order valence-corrected chi connectivity index (χ3v) is 4.75. The van der Waals surface area contributed by atoms with E-state index in [9.17, 15) is 9.59 Å². The van der Waals surface area contributed by atoms with Crippen LogP contribution in [0.3, 0.4) is 0 Å². The summed E-state index contributed by atoms with van der Waals surface area (Å²) in [5.41, 5.74) is -0.121. The van der Waals surface area contributed by atoms with Crippen molar-refractivity contribution in [1.82, 2.24) is 9.88 Å². The van der Waals surface area contributed by atoms with Crippen LogP contribution in [0.25, 0.3) is 0 Å². The lowest BCUT2D eigenvalue weighted by atomic mass is 10.1. The molecule has 0 amide bonds. The quantitative estimate of drug-likeness (QED) is 0.851. The van der Waals surface area contributed by atoms with Crippen molar-refractivity contribution in [2.75, 3.05) is 32.1 Å². The van der Waals surface area contributed by atoms with Gasteiger partial charge in [-0.25, -0.2) is 9.78 Å². The van der Waals surface area contributed by atoms with Gasteiger partial charge in [-0.3, -0.25) is 4.79 Å². The largest absolute Gasteiger partial charge is 0.476 e. The predicted octanol–water partition coefficient (Wildman–Crippen LogP) is 1.57. The van der Waals surface area contributed by atoms with E-state index in [1.807, 2.05) is 14.1 Å². The number of carboxylic acids is 1. The zero-order chi connectivity index (χ0) is 14.9. The summed E-state index contributed by atoms with van der Waals surface area (Å²) < 4.78 is 0. The third-order valence-electron chi connectivity index (χ3n) is 3.54. The Labute approximate surface area is 122 Å². The van der Waals surface area contributed by atoms with Gasteiger partial charge in [-0.1, -0.05) is 11.3 Å². The van der Waals surface area contributed by atoms with E-state index in [4.69, 9.17) is 5.11 Å². The summed E-state index contributed by atoms with van der Waals surface area (Å²) >= 11 is 1.18. The van der Waals surface area contributed by atoms with E-state index in [2.05, 4.69) is 14.8 Å². The number of likely N-dealkylation sites (N-methyl/N-ethyl adjacent to an activating group) is 1. The van der Waals surface area contributed by atoms with E-state index in [0.717, 1.165) is 25.9 Å². The Morgan fingerprint density at radius 2 is 2.15 bits per heavy atom. The number of nitrogens with zero attached hydrogens (tertiary/aromatic N) is 3. The maximum absolute atomic E-state index is 11.5. The number of aromatic carboxylic acids is 1. The molecule has 20 heavy (non-hydrogen) atoms. The van der Waals surface area contributed by atoms with Gasteiger partial charge < -0.3 is 14.9 Å². The van der Waals surface area contributed by atoms with Crippen molar-refractivity contribution in [3.05, 3.63) is 10.6 Å². The number of hydrogen-bond donors (Lipinski definition) is 1. The van der Waals surface area contributed by atoms with Crippen molar-refractivity contribution in [1.29, 1.82) is 0 Å². The summed E-state index contributed by atoms with van der Waals surface area (Å²) in [6, 6.07) is 0.432. The molecule has 0 aliphatic carbocycles. The average molecular weight is 297 g/mol. The number of aromatic nitrogens is 1. The van der Waals surface area contributed by atoms with Gasteiger partial charge in [-0.05, 0) is 26.9 Å². The summed E-state index contributed by atoms with van der Waals surface area (Å²) in [6.45, 7) is 3.05. The van der Waals surface area contributed by atoms with E-state index in [-0.39, 0.29) is 16.4 Å². The van der Waals surface area contributed by atoms with Crippen LogP contribution in [0.2, 0.25) is 0 Å². The van der Waals surface area contributed by atoms with E-state index in [0.29, 0.717) is 11.2 Å². The lowest BCUT2D eigenvalue weighted by molar-refractivity contribution is 0.0687.